The van der Waals surface area contributed by atoms with Gasteiger partial charge in [0, 0.05) is 12.8 Å². The van der Waals surface area contributed by atoms with Crippen molar-refractivity contribution >= 4 is 19.8 Å². The number of nitrogens with zero attached hydrogens (tertiary/aromatic N) is 1. The van der Waals surface area contributed by atoms with Crippen molar-refractivity contribution < 1.29 is 42.1 Å². The summed E-state index contributed by atoms with van der Waals surface area (Å²) in [7, 11) is 1.13. The molecule has 9 nitrogen and oxygen atoms in total. The first-order chi connectivity index (χ1) is 29.5. The van der Waals surface area contributed by atoms with Crippen LogP contribution in [0, 0.1) is 0 Å². The molecular weight excluding hydrogens is 786 g/mol. The minimum absolute atomic E-state index is 0.0411. The molecule has 2 atom stereocenters. The predicted octanol–water partition coefficient (Wildman–Crippen LogP) is 14.0. The van der Waals surface area contributed by atoms with E-state index in [0.29, 0.717) is 23.9 Å². The highest BCUT2D eigenvalue weighted by Gasteiger charge is 2.21. The van der Waals surface area contributed by atoms with Gasteiger partial charge in [0.25, 0.3) is 7.82 Å². The molecule has 0 fully saturated rings. The third kappa shape index (κ3) is 47.3. The van der Waals surface area contributed by atoms with Gasteiger partial charge in [-0.3, -0.25) is 14.2 Å². The van der Waals surface area contributed by atoms with Gasteiger partial charge in [-0.25, -0.2) is 0 Å². The summed E-state index contributed by atoms with van der Waals surface area (Å²) in [5.41, 5.74) is 0. The number of esters is 2. The molecule has 0 bridgehead atoms. The second kappa shape index (κ2) is 43.2. The third-order valence-corrected chi connectivity index (χ3v) is 11.5. The predicted molar refractivity (Wildman–Crippen MR) is 254 cm³/mol. The summed E-state index contributed by atoms with van der Waals surface area (Å²) < 4.78 is 33.9. The number of phosphoric ester groups is 1. The van der Waals surface area contributed by atoms with Gasteiger partial charge in [0.1, 0.15) is 19.8 Å². The maximum absolute atomic E-state index is 12.7. The topological polar surface area (TPSA) is 111 Å². The van der Waals surface area contributed by atoms with Crippen molar-refractivity contribution in [2.24, 2.45) is 0 Å². The number of allylic oxidation sites excluding steroid dienone is 8. The van der Waals surface area contributed by atoms with Crippen molar-refractivity contribution in [2.75, 3.05) is 47.5 Å². The monoisotopic (exact) mass is 880 g/mol. The van der Waals surface area contributed by atoms with Crippen LogP contribution in [0.3, 0.4) is 0 Å². The highest BCUT2D eigenvalue weighted by Crippen LogP contribution is 2.38. The molecule has 0 aromatic carbocycles. The number of rotatable bonds is 45. The number of ether oxygens (including phenoxy) is 2. The standard InChI is InChI=1S/C51H94NO8P/c1-6-8-10-12-14-16-18-20-22-23-24-25-26-27-28-29-30-32-34-36-38-40-42-44-51(54)60-49(48-59-61(55,56)58-46-45-52(3,4)5)47-57-50(53)43-41-39-37-35-33-31-21-19-17-15-13-11-9-7-2/h13,15,19,21,29-30,36,38,49H,6-12,14,16-18,20,22-28,31-35,37,39-48H2,1-5H3/b15-13+,21-19+,30-29+,38-36+/t49-/m1/s1. The lowest BCUT2D eigenvalue weighted by atomic mass is 10.0. The third-order valence-electron chi connectivity index (χ3n) is 10.5. The number of likely N-dealkylation sites (N-methyl/N-ethyl adjacent to an activating group) is 1. The molecule has 0 heterocycles. The van der Waals surface area contributed by atoms with Gasteiger partial charge in [0.15, 0.2) is 6.10 Å². The molecule has 356 valence electrons. The van der Waals surface area contributed by atoms with Crippen molar-refractivity contribution in [3.63, 3.8) is 0 Å². The Kier molecular flexibility index (Phi) is 41.8. The molecule has 0 aliphatic heterocycles. The van der Waals surface area contributed by atoms with Crippen LogP contribution in [0.2, 0.25) is 0 Å². The van der Waals surface area contributed by atoms with Crippen molar-refractivity contribution in [1.29, 1.82) is 0 Å². The summed E-state index contributed by atoms with van der Waals surface area (Å²) in [5, 5.41) is 0. The fraction of sp³-hybridized carbons (Fsp3) is 0.804. The van der Waals surface area contributed by atoms with Crippen LogP contribution in [0.25, 0.3) is 0 Å². The van der Waals surface area contributed by atoms with E-state index >= 15 is 0 Å². The summed E-state index contributed by atoms with van der Waals surface area (Å²) in [6.07, 6.45) is 51.6. The second-order valence-electron chi connectivity index (χ2n) is 17.8. The number of hydrogen-bond donors (Lipinski definition) is 0. The second-order valence-corrected chi connectivity index (χ2v) is 19.2. The van der Waals surface area contributed by atoms with Crippen LogP contribution in [0.5, 0.6) is 0 Å². The molecule has 0 saturated carbocycles. The van der Waals surface area contributed by atoms with Crippen LogP contribution < -0.4 is 4.89 Å². The van der Waals surface area contributed by atoms with E-state index in [2.05, 4.69) is 62.5 Å². The fourth-order valence-electron chi connectivity index (χ4n) is 6.63. The molecular formula is C51H94NO8P. The maximum Gasteiger partial charge on any atom is 0.306 e. The molecule has 0 aliphatic rings. The van der Waals surface area contributed by atoms with Crippen LogP contribution in [0.15, 0.2) is 48.6 Å². The fourth-order valence-corrected chi connectivity index (χ4v) is 7.36. The Morgan fingerprint density at radius 2 is 0.934 bits per heavy atom. The number of hydrogen-bond acceptors (Lipinski definition) is 8. The highest BCUT2D eigenvalue weighted by molar-refractivity contribution is 7.45. The minimum atomic E-state index is -4.64. The van der Waals surface area contributed by atoms with Gasteiger partial charge < -0.3 is 27.9 Å². The number of phosphoric acid groups is 1. The molecule has 10 heteroatoms. The van der Waals surface area contributed by atoms with Crippen molar-refractivity contribution in [1.82, 2.24) is 0 Å². The Labute approximate surface area is 375 Å². The van der Waals surface area contributed by atoms with Gasteiger partial charge in [0.05, 0.1) is 27.7 Å². The Hall–Kier alpha value is -2.03. The normalized spacial score (nSPS) is 13.9. The highest BCUT2D eigenvalue weighted by atomic mass is 31.2. The van der Waals surface area contributed by atoms with E-state index in [1.807, 2.05) is 21.1 Å². The summed E-state index contributed by atoms with van der Waals surface area (Å²) in [5.74, 6) is -0.898. The zero-order valence-corrected chi connectivity index (χ0v) is 41.0. The molecule has 0 aromatic rings. The molecule has 0 N–H and O–H groups in total. The van der Waals surface area contributed by atoms with E-state index in [1.165, 1.54) is 103 Å². The van der Waals surface area contributed by atoms with Crippen LogP contribution in [0.4, 0.5) is 0 Å². The van der Waals surface area contributed by atoms with Crippen LogP contribution >= 0.6 is 7.82 Å². The van der Waals surface area contributed by atoms with Crippen molar-refractivity contribution in [3.05, 3.63) is 48.6 Å². The zero-order chi connectivity index (χ0) is 45.0. The first-order valence-corrected chi connectivity index (χ1v) is 26.3. The summed E-state index contributed by atoms with van der Waals surface area (Å²) in [4.78, 5) is 37.6. The van der Waals surface area contributed by atoms with Crippen LogP contribution in [0.1, 0.15) is 213 Å². The lowest BCUT2D eigenvalue weighted by molar-refractivity contribution is -0.870. The molecule has 0 aromatic heterocycles. The minimum Gasteiger partial charge on any atom is -0.756 e. The Morgan fingerprint density at radius 1 is 0.508 bits per heavy atom. The average molecular weight is 880 g/mol. The van der Waals surface area contributed by atoms with Gasteiger partial charge in [-0.2, -0.15) is 0 Å². The number of carbonyl (C=O) groups excluding carboxylic acids is 2. The molecule has 0 amide bonds. The number of carbonyl (C=O) groups is 2. The Balaban J connectivity index is 4.31. The lowest BCUT2D eigenvalue weighted by Crippen LogP contribution is -2.37. The molecule has 0 rings (SSSR count). The molecule has 0 saturated heterocycles. The largest absolute Gasteiger partial charge is 0.756 e. The average Bonchev–Trinajstić information content (AvgIpc) is 3.21. The molecule has 0 aliphatic carbocycles. The van der Waals surface area contributed by atoms with Gasteiger partial charge in [-0.05, 0) is 70.6 Å². The van der Waals surface area contributed by atoms with Gasteiger partial charge in [-0.15, -0.1) is 0 Å². The number of quaternary nitrogens is 1. The molecule has 0 radical (unpaired) electrons. The maximum atomic E-state index is 12.7. The van der Waals surface area contributed by atoms with Crippen LogP contribution in [-0.2, 0) is 32.7 Å². The Morgan fingerprint density at radius 3 is 1.46 bits per heavy atom. The van der Waals surface area contributed by atoms with Crippen LogP contribution in [-0.4, -0.2) is 70.0 Å². The van der Waals surface area contributed by atoms with Crippen molar-refractivity contribution in [2.45, 2.75) is 219 Å². The molecule has 0 spiro atoms. The van der Waals surface area contributed by atoms with E-state index in [-0.39, 0.29) is 26.1 Å². The Bertz CT molecular complexity index is 1180. The van der Waals surface area contributed by atoms with Gasteiger partial charge in [-0.1, -0.05) is 178 Å². The zero-order valence-electron chi connectivity index (χ0n) is 40.1. The lowest BCUT2D eigenvalue weighted by Gasteiger charge is -2.28. The van der Waals surface area contributed by atoms with E-state index in [9.17, 15) is 19.0 Å². The van der Waals surface area contributed by atoms with E-state index in [0.717, 1.165) is 70.6 Å². The van der Waals surface area contributed by atoms with Gasteiger partial charge in [0.2, 0.25) is 0 Å². The van der Waals surface area contributed by atoms with E-state index in [4.69, 9.17) is 18.5 Å². The SMILES string of the molecule is CCCC/C=C/C/C=C/CCCCCCCC(=O)OC[C@H](COP(=O)([O-])OCC[N+](C)(C)C)OC(=O)CCC/C=C/CC/C=C/CCCCCCCCCCCCCCCC. The summed E-state index contributed by atoms with van der Waals surface area (Å²) in [6, 6.07) is 0. The summed E-state index contributed by atoms with van der Waals surface area (Å²) in [6.45, 7) is 4.14. The smallest absolute Gasteiger partial charge is 0.306 e. The first-order valence-electron chi connectivity index (χ1n) is 24.8. The molecule has 1 unspecified atom stereocenters. The van der Waals surface area contributed by atoms with Gasteiger partial charge >= 0.3 is 11.9 Å². The molecule has 61 heavy (non-hydrogen) atoms. The van der Waals surface area contributed by atoms with Crippen molar-refractivity contribution in [3.8, 4) is 0 Å². The quantitative estimate of drug-likeness (QED) is 0.0195. The number of unbranched alkanes of at least 4 members (excludes halogenated alkanes) is 23. The van der Waals surface area contributed by atoms with E-state index < -0.39 is 32.5 Å². The summed E-state index contributed by atoms with van der Waals surface area (Å²) >= 11 is 0. The van der Waals surface area contributed by atoms with E-state index in [1.54, 1.807) is 0 Å². The first kappa shape index (κ1) is 59.0.